The van der Waals surface area contributed by atoms with Crippen molar-refractivity contribution in [1.82, 2.24) is 25.3 Å². The lowest BCUT2D eigenvalue weighted by Gasteiger charge is -2.24. The van der Waals surface area contributed by atoms with E-state index in [-0.39, 0.29) is 5.69 Å². The molecule has 8 nitrogen and oxygen atoms in total. The number of hydrogen-bond donors (Lipinski definition) is 3. The summed E-state index contributed by atoms with van der Waals surface area (Å²) in [5, 5.41) is 18.5. The minimum Gasteiger partial charge on any atom is -0.366 e. The minimum atomic E-state index is 0.278. The average Bonchev–Trinajstić information content (AvgIpc) is 2.57. The molecular weight excluding hydrogens is 280 g/mol. The van der Waals surface area contributed by atoms with Gasteiger partial charge in [-0.15, -0.1) is 0 Å². The molecule has 1 aliphatic heterocycles. The van der Waals surface area contributed by atoms with Gasteiger partial charge in [-0.25, -0.2) is 19.9 Å². The van der Waals surface area contributed by atoms with Gasteiger partial charge in [-0.2, -0.15) is 5.26 Å². The summed E-state index contributed by atoms with van der Waals surface area (Å²) in [4.78, 5) is 16.5. The van der Waals surface area contributed by atoms with Gasteiger partial charge in [0.1, 0.15) is 29.9 Å². The number of nitrogens with zero attached hydrogens (tertiary/aromatic N) is 5. The van der Waals surface area contributed by atoms with E-state index in [9.17, 15) is 0 Å². The first-order valence-corrected chi connectivity index (χ1v) is 7.12. The Balaban J connectivity index is 1.66. The molecule has 0 spiro atoms. The molecule has 3 rings (SSSR count). The van der Waals surface area contributed by atoms with E-state index in [0.717, 1.165) is 31.7 Å². The average molecular weight is 296 g/mol. The van der Waals surface area contributed by atoms with Crippen LogP contribution in [-0.4, -0.2) is 39.1 Å². The van der Waals surface area contributed by atoms with Crippen LogP contribution in [0.2, 0.25) is 0 Å². The number of piperidine rings is 1. The van der Waals surface area contributed by atoms with E-state index in [1.165, 1.54) is 18.7 Å². The molecule has 1 fully saturated rings. The summed E-state index contributed by atoms with van der Waals surface area (Å²) in [7, 11) is 0. The molecule has 0 amide bonds. The van der Waals surface area contributed by atoms with Gasteiger partial charge in [0, 0.05) is 18.7 Å². The zero-order chi connectivity index (χ0) is 15.2. The minimum absolute atomic E-state index is 0.278. The van der Waals surface area contributed by atoms with Crippen molar-refractivity contribution in [1.29, 1.82) is 5.26 Å². The summed E-state index contributed by atoms with van der Waals surface area (Å²) in [5.41, 5.74) is 0.278. The molecule has 1 aliphatic rings. The molecule has 3 heterocycles. The highest BCUT2D eigenvalue weighted by molar-refractivity contribution is 5.55. The van der Waals surface area contributed by atoms with Gasteiger partial charge < -0.3 is 16.0 Å². The summed E-state index contributed by atoms with van der Waals surface area (Å²) in [6, 6.07) is 4.14. The molecule has 0 aliphatic carbocycles. The first kappa shape index (κ1) is 14.2. The van der Waals surface area contributed by atoms with Crippen LogP contribution in [0.15, 0.2) is 24.8 Å². The molecule has 1 saturated heterocycles. The van der Waals surface area contributed by atoms with Crippen LogP contribution in [0.1, 0.15) is 18.5 Å². The monoisotopic (exact) mass is 296 g/mol. The zero-order valence-electron chi connectivity index (χ0n) is 12.0. The van der Waals surface area contributed by atoms with Crippen LogP contribution in [0.4, 0.5) is 17.5 Å². The number of nitrogens with one attached hydrogen (secondary N) is 3. The van der Waals surface area contributed by atoms with Crippen molar-refractivity contribution in [3.8, 4) is 6.07 Å². The number of hydrogen-bond acceptors (Lipinski definition) is 8. The van der Waals surface area contributed by atoms with Crippen molar-refractivity contribution in [2.24, 2.45) is 0 Å². The summed E-state index contributed by atoms with van der Waals surface area (Å²) < 4.78 is 0. The van der Waals surface area contributed by atoms with Crippen molar-refractivity contribution in [3.05, 3.63) is 30.5 Å². The summed E-state index contributed by atoms with van der Waals surface area (Å²) in [6.07, 6.45) is 6.70. The Morgan fingerprint density at radius 3 is 2.77 bits per heavy atom. The first-order valence-electron chi connectivity index (χ1n) is 7.12. The predicted octanol–water partition coefficient (Wildman–Crippen LogP) is 1.05. The van der Waals surface area contributed by atoms with E-state index < -0.39 is 0 Å². The molecule has 22 heavy (non-hydrogen) atoms. The smallest absolute Gasteiger partial charge is 0.158 e. The van der Waals surface area contributed by atoms with Gasteiger partial charge in [0.15, 0.2) is 5.69 Å². The number of nitriles is 1. The van der Waals surface area contributed by atoms with Gasteiger partial charge in [0.05, 0.1) is 12.4 Å². The maximum atomic E-state index is 8.70. The van der Waals surface area contributed by atoms with Crippen molar-refractivity contribution >= 4 is 17.5 Å². The van der Waals surface area contributed by atoms with E-state index in [0.29, 0.717) is 17.7 Å². The molecule has 0 saturated carbocycles. The standard InChI is InChI=1S/C14H16N8/c15-5-11-7-18-14(8-17-11)22-13-4-12(19-9-20-13)21-10-2-1-3-16-6-10/h4,7-10,16H,1-3,6H2,(H2,18,19,20,21,22). The second-order valence-corrected chi connectivity index (χ2v) is 5.00. The molecule has 0 radical (unpaired) electrons. The summed E-state index contributed by atoms with van der Waals surface area (Å²) in [5.74, 6) is 1.93. The van der Waals surface area contributed by atoms with Gasteiger partial charge in [-0.1, -0.05) is 0 Å². The normalized spacial score (nSPS) is 17.5. The number of aromatic nitrogens is 4. The fourth-order valence-corrected chi connectivity index (χ4v) is 2.27. The molecule has 0 aromatic carbocycles. The summed E-state index contributed by atoms with van der Waals surface area (Å²) in [6.45, 7) is 2.01. The Morgan fingerprint density at radius 1 is 1.14 bits per heavy atom. The SMILES string of the molecule is N#Cc1cnc(Nc2cc(NC3CCCNC3)ncn2)cn1. The maximum Gasteiger partial charge on any atom is 0.158 e. The molecule has 0 bridgehead atoms. The van der Waals surface area contributed by atoms with Crippen LogP contribution in [0, 0.1) is 11.3 Å². The van der Waals surface area contributed by atoms with Crippen LogP contribution in [-0.2, 0) is 0 Å². The third-order valence-electron chi connectivity index (χ3n) is 3.34. The van der Waals surface area contributed by atoms with Gasteiger partial charge in [0.25, 0.3) is 0 Å². The topological polar surface area (TPSA) is 111 Å². The quantitative estimate of drug-likeness (QED) is 0.767. The van der Waals surface area contributed by atoms with E-state index in [4.69, 9.17) is 5.26 Å². The highest BCUT2D eigenvalue weighted by Gasteiger charge is 2.13. The molecule has 112 valence electrons. The highest BCUT2D eigenvalue weighted by atomic mass is 15.1. The zero-order valence-corrected chi connectivity index (χ0v) is 12.0. The third-order valence-corrected chi connectivity index (χ3v) is 3.34. The van der Waals surface area contributed by atoms with Crippen LogP contribution in [0.5, 0.6) is 0 Å². The van der Waals surface area contributed by atoms with Crippen molar-refractivity contribution in [2.75, 3.05) is 23.7 Å². The second kappa shape index (κ2) is 6.78. The van der Waals surface area contributed by atoms with E-state index >= 15 is 0 Å². The van der Waals surface area contributed by atoms with Crippen molar-refractivity contribution < 1.29 is 0 Å². The Hall–Kier alpha value is -2.79. The Kier molecular flexibility index (Phi) is 4.36. The van der Waals surface area contributed by atoms with Crippen LogP contribution in [0.25, 0.3) is 0 Å². The molecule has 1 unspecified atom stereocenters. The Morgan fingerprint density at radius 2 is 2.05 bits per heavy atom. The largest absolute Gasteiger partial charge is 0.366 e. The van der Waals surface area contributed by atoms with Gasteiger partial charge in [-0.05, 0) is 19.4 Å². The van der Waals surface area contributed by atoms with Crippen LogP contribution in [0.3, 0.4) is 0 Å². The van der Waals surface area contributed by atoms with Gasteiger partial charge >= 0.3 is 0 Å². The lowest BCUT2D eigenvalue weighted by atomic mass is 10.1. The second-order valence-electron chi connectivity index (χ2n) is 5.00. The van der Waals surface area contributed by atoms with Gasteiger partial charge in [-0.3, -0.25) is 0 Å². The third kappa shape index (κ3) is 3.65. The lowest BCUT2D eigenvalue weighted by Crippen LogP contribution is -2.38. The summed E-state index contributed by atoms with van der Waals surface area (Å²) >= 11 is 0. The highest BCUT2D eigenvalue weighted by Crippen LogP contribution is 2.15. The molecule has 2 aromatic rings. The van der Waals surface area contributed by atoms with Crippen LogP contribution >= 0.6 is 0 Å². The Labute approximate surface area is 128 Å². The molecule has 2 aromatic heterocycles. The molecule has 8 heteroatoms. The van der Waals surface area contributed by atoms with E-state index in [2.05, 4.69) is 35.9 Å². The van der Waals surface area contributed by atoms with E-state index in [1.54, 1.807) is 0 Å². The lowest BCUT2D eigenvalue weighted by molar-refractivity contribution is 0.479. The molecule has 1 atom stereocenters. The number of rotatable bonds is 4. The van der Waals surface area contributed by atoms with Crippen LogP contribution < -0.4 is 16.0 Å². The maximum absolute atomic E-state index is 8.70. The predicted molar refractivity (Wildman–Crippen MR) is 81.6 cm³/mol. The van der Waals surface area contributed by atoms with Crippen molar-refractivity contribution in [2.45, 2.75) is 18.9 Å². The fraction of sp³-hybridized carbons (Fsp3) is 0.357. The Bertz CT molecular complexity index is 657. The fourth-order valence-electron chi connectivity index (χ4n) is 2.27. The number of anilines is 3. The molecule has 3 N–H and O–H groups in total. The van der Waals surface area contributed by atoms with E-state index in [1.807, 2.05) is 12.1 Å². The first-order chi connectivity index (χ1) is 10.8. The molecular formula is C14H16N8. The van der Waals surface area contributed by atoms with Crippen molar-refractivity contribution in [3.63, 3.8) is 0 Å². The van der Waals surface area contributed by atoms with Gasteiger partial charge in [0.2, 0.25) is 0 Å².